The number of esters is 1. The molecule has 0 aliphatic carbocycles. The monoisotopic (exact) mass is 441 g/mol. The van der Waals surface area contributed by atoms with Crippen LogP contribution in [-0.2, 0) is 29.6 Å². The van der Waals surface area contributed by atoms with Gasteiger partial charge in [0.25, 0.3) is 5.91 Å². The summed E-state index contributed by atoms with van der Waals surface area (Å²) >= 11 is 0. The van der Waals surface area contributed by atoms with Crippen molar-refractivity contribution in [3.8, 4) is 0 Å². The third kappa shape index (κ3) is 5.84. The van der Waals surface area contributed by atoms with Crippen LogP contribution >= 0.6 is 0 Å². The summed E-state index contributed by atoms with van der Waals surface area (Å²) in [5.74, 6) is -1.65. The number of carbonyl (C=O) groups is 2. The maximum atomic E-state index is 12.4. The second-order valence-electron chi connectivity index (χ2n) is 6.13. The Labute approximate surface area is 168 Å². The van der Waals surface area contributed by atoms with Gasteiger partial charge in [-0.15, -0.1) is 0 Å². The minimum atomic E-state index is -4.02. The molecule has 0 spiro atoms. The standard InChI is InChI=1S/C17H19N3O7S2/c1-10-6-7-14(29(19,25)26)9-15(10)17(22)27-11(2)16(21)20-12-4-3-5-13(8-12)28(18,23)24/h3-9,11H,1-2H3,(H,20,21)(H2,18,23,24)(H2,19,25,26). The number of ether oxygens (including phenoxy) is 1. The molecule has 0 aliphatic heterocycles. The number of hydrogen-bond acceptors (Lipinski definition) is 7. The highest BCUT2D eigenvalue weighted by atomic mass is 32.2. The molecule has 0 saturated heterocycles. The summed E-state index contributed by atoms with van der Waals surface area (Å²) in [4.78, 5) is 24.2. The van der Waals surface area contributed by atoms with Crippen molar-refractivity contribution in [2.45, 2.75) is 29.7 Å². The Kier molecular flexibility index (Phi) is 6.43. The molecule has 12 heteroatoms. The van der Waals surface area contributed by atoms with Crippen LogP contribution in [0.3, 0.4) is 0 Å². The zero-order valence-electron chi connectivity index (χ0n) is 15.4. The molecule has 2 rings (SSSR count). The molecular weight excluding hydrogens is 422 g/mol. The van der Waals surface area contributed by atoms with E-state index in [4.69, 9.17) is 15.0 Å². The van der Waals surface area contributed by atoms with E-state index in [1.54, 1.807) is 6.92 Å². The molecule has 0 bridgehead atoms. The normalized spacial score (nSPS) is 12.8. The van der Waals surface area contributed by atoms with Crippen LogP contribution in [0.1, 0.15) is 22.8 Å². The Morgan fingerprint density at radius 1 is 0.966 bits per heavy atom. The van der Waals surface area contributed by atoms with Crippen LogP contribution < -0.4 is 15.6 Å². The van der Waals surface area contributed by atoms with E-state index in [0.717, 1.165) is 12.1 Å². The average Bonchev–Trinajstić information content (AvgIpc) is 2.60. The van der Waals surface area contributed by atoms with Crippen molar-refractivity contribution in [3.63, 3.8) is 0 Å². The van der Waals surface area contributed by atoms with Gasteiger partial charge in [0.1, 0.15) is 0 Å². The van der Waals surface area contributed by atoms with E-state index in [9.17, 15) is 26.4 Å². The van der Waals surface area contributed by atoms with E-state index in [1.165, 1.54) is 37.3 Å². The molecule has 156 valence electrons. The van der Waals surface area contributed by atoms with Crippen LogP contribution in [0.2, 0.25) is 0 Å². The van der Waals surface area contributed by atoms with E-state index >= 15 is 0 Å². The number of hydrogen-bond donors (Lipinski definition) is 3. The first-order valence-corrected chi connectivity index (χ1v) is 11.2. The zero-order valence-corrected chi connectivity index (χ0v) is 17.1. The molecule has 29 heavy (non-hydrogen) atoms. The molecule has 10 nitrogen and oxygen atoms in total. The van der Waals surface area contributed by atoms with Gasteiger partial charge in [0.2, 0.25) is 20.0 Å². The van der Waals surface area contributed by atoms with Gasteiger partial charge in [-0.2, -0.15) is 0 Å². The van der Waals surface area contributed by atoms with E-state index in [-0.39, 0.29) is 21.0 Å². The van der Waals surface area contributed by atoms with Gasteiger partial charge in [0, 0.05) is 5.69 Å². The van der Waals surface area contributed by atoms with Crippen LogP contribution in [0, 0.1) is 6.92 Å². The average molecular weight is 441 g/mol. The Balaban J connectivity index is 2.15. The highest BCUT2D eigenvalue weighted by Gasteiger charge is 2.22. The molecule has 0 saturated carbocycles. The summed E-state index contributed by atoms with van der Waals surface area (Å²) in [7, 11) is -7.98. The van der Waals surface area contributed by atoms with E-state index < -0.39 is 38.0 Å². The first-order chi connectivity index (χ1) is 13.3. The van der Waals surface area contributed by atoms with Gasteiger partial charge in [0.05, 0.1) is 15.4 Å². The lowest BCUT2D eigenvalue weighted by molar-refractivity contribution is -0.123. The van der Waals surface area contributed by atoms with Crippen molar-refractivity contribution in [2.75, 3.05) is 5.32 Å². The van der Waals surface area contributed by atoms with Crippen LogP contribution in [-0.4, -0.2) is 34.8 Å². The fraction of sp³-hybridized carbons (Fsp3) is 0.176. The van der Waals surface area contributed by atoms with Crippen LogP contribution in [0.5, 0.6) is 0 Å². The number of sulfonamides is 2. The molecule has 1 unspecified atom stereocenters. The van der Waals surface area contributed by atoms with Gasteiger partial charge < -0.3 is 10.1 Å². The Morgan fingerprint density at radius 2 is 1.55 bits per heavy atom. The summed E-state index contributed by atoms with van der Waals surface area (Å²) in [5, 5.41) is 12.5. The van der Waals surface area contributed by atoms with Gasteiger partial charge in [-0.05, 0) is 49.7 Å². The number of nitrogens with one attached hydrogen (secondary N) is 1. The number of benzene rings is 2. The number of anilines is 1. The molecule has 0 fully saturated rings. The first kappa shape index (κ1) is 22.5. The van der Waals surface area contributed by atoms with Crippen molar-refractivity contribution in [1.82, 2.24) is 0 Å². The molecule has 0 radical (unpaired) electrons. The van der Waals surface area contributed by atoms with Crippen LogP contribution in [0.25, 0.3) is 0 Å². The molecular formula is C17H19N3O7S2. The maximum Gasteiger partial charge on any atom is 0.339 e. The number of aryl methyl sites for hydroxylation is 1. The predicted molar refractivity (Wildman–Crippen MR) is 104 cm³/mol. The molecule has 5 N–H and O–H groups in total. The minimum Gasteiger partial charge on any atom is -0.449 e. The smallest absolute Gasteiger partial charge is 0.339 e. The maximum absolute atomic E-state index is 12.4. The molecule has 0 aromatic heterocycles. The van der Waals surface area contributed by atoms with Crippen LogP contribution in [0.4, 0.5) is 5.69 Å². The van der Waals surface area contributed by atoms with Crippen molar-refractivity contribution in [1.29, 1.82) is 0 Å². The van der Waals surface area contributed by atoms with Gasteiger partial charge in [-0.3, -0.25) is 4.79 Å². The third-order valence-corrected chi connectivity index (χ3v) is 5.66. The van der Waals surface area contributed by atoms with E-state index in [0.29, 0.717) is 5.56 Å². The molecule has 1 amide bonds. The van der Waals surface area contributed by atoms with Gasteiger partial charge in [-0.25, -0.2) is 31.9 Å². The number of nitrogens with two attached hydrogens (primary N) is 2. The second-order valence-corrected chi connectivity index (χ2v) is 9.25. The SMILES string of the molecule is Cc1ccc(S(N)(=O)=O)cc1C(=O)OC(C)C(=O)Nc1cccc(S(N)(=O)=O)c1. The Bertz CT molecular complexity index is 1180. The summed E-state index contributed by atoms with van der Waals surface area (Å²) in [6, 6.07) is 8.93. The zero-order chi connectivity index (χ0) is 22.0. The summed E-state index contributed by atoms with van der Waals surface area (Å²) in [5.41, 5.74) is 0.500. The first-order valence-electron chi connectivity index (χ1n) is 8.07. The second kappa shape index (κ2) is 8.29. The predicted octanol–water partition coefficient (Wildman–Crippen LogP) is 0.474. The van der Waals surface area contributed by atoms with E-state index in [2.05, 4.69) is 5.32 Å². The molecule has 1 atom stereocenters. The quantitative estimate of drug-likeness (QED) is 0.546. The lowest BCUT2D eigenvalue weighted by atomic mass is 10.1. The molecule has 0 heterocycles. The topological polar surface area (TPSA) is 176 Å². The van der Waals surface area contributed by atoms with Crippen molar-refractivity contribution >= 4 is 37.6 Å². The van der Waals surface area contributed by atoms with Crippen molar-refractivity contribution in [3.05, 3.63) is 53.6 Å². The van der Waals surface area contributed by atoms with Gasteiger partial charge in [0.15, 0.2) is 6.10 Å². The summed E-state index contributed by atoms with van der Waals surface area (Å²) in [6.07, 6.45) is -1.27. The number of rotatable bonds is 6. The summed E-state index contributed by atoms with van der Waals surface area (Å²) in [6.45, 7) is 2.86. The highest BCUT2D eigenvalue weighted by Crippen LogP contribution is 2.18. The lowest BCUT2D eigenvalue weighted by Gasteiger charge is -2.15. The third-order valence-electron chi connectivity index (χ3n) is 3.84. The lowest BCUT2D eigenvalue weighted by Crippen LogP contribution is -2.30. The molecule has 0 aliphatic rings. The number of primary sulfonamides is 2. The van der Waals surface area contributed by atoms with E-state index in [1.807, 2.05) is 0 Å². The molecule has 2 aromatic carbocycles. The number of amides is 1. The fourth-order valence-electron chi connectivity index (χ4n) is 2.27. The summed E-state index contributed by atoms with van der Waals surface area (Å²) < 4.78 is 50.8. The Morgan fingerprint density at radius 3 is 2.14 bits per heavy atom. The fourth-order valence-corrected chi connectivity index (χ4v) is 3.37. The minimum absolute atomic E-state index is 0.0626. The Hall–Kier alpha value is -2.80. The van der Waals surface area contributed by atoms with Crippen LogP contribution in [0.15, 0.2) is 52.3 Å². The highest BCUT2D eigenvalue weighted by molar-refractivity contribution is 7.89. The van der Waals surface area contributed by atoms with Crippen molar-refractivity contribution in [2.24, 2.45) is 10.3 Å². The molecule has 2 aromatic rings. The number of carbonyl (C=O) groups excluding carboxylic acids is 2. The largest absolute Gasteiger partial charge is 0.449 e. The van der Waals surface area contributed by atoms with Gasteiger partial charge in [-0.1, -0.05) is 12.1 Å². The van der Waals surface area contributed by atoms with Gasteiger partial charge >= 0.3 is 5.97 Å². The van der Waals surface area contributed by atoms with Crippen molar-refractivity contribution < 1.29 is 31.2 Å².